The normalized spacial score (nSPS) is 22.8. The standard InChI is InChI=1S/C17H24FNO3/c1-13(22-16-4-2-3-14(18)11-16)12-19-15-5-7-17(8-6-15)20-9-10-21-17/h2-4,11,13,15,19H,5-10,12H2,1H3. The molecule has 1 saturated heterocycles. The molecule has 1 saturated carbocycles. The van der Waals surface area contributed by atoms with Crippen LogP contribution in [0.2, 0.25) is 0 Å². The van der Waals surface area contributed by atoms with Crippen molar-refractivity contribution in [3.05, 3.63) is 30.1 Å². The second kappa shape index (κ2) is 6.94. The number of hydrogen-bond donors (Lipinski definition) is 1. The summed E-state index contributed by atoms with van der Waals surface area (Å²) < 4.78 is 30.3. The van der Waals surface area contributed by atoms with Crippen molar-refractivity contribution in [3.63, 3.8) is 0 Å². The average Bonchev–Trinajstić information content (AvgIpc) is 2.95. The van der Waals surface area contributed by atoms with Gasteiger partial charge < -0.3 is 19.5 Å². The summed E-state index contributed by atoms with van der Waals surface area (Å²) in [6.45, 7) is 4.18. The summed E-state index contributed by atoms with van der Waals surface area (Å²) in [6, 6.07) is 6.74. The summed E-state index contributed by atoms with van der Waals surface area (Å²) in [4.78, 5) is 0. The van der Waals surface area contributed by atoms with Crippen molar-refractivity contribution in [1.82, 2.24) is 5.32 Å². The zero-order chi connectivity index (χ0) is 15.4. The molecular weight excluding hydrogens is 285 g/mol. The molecule has 1 aliphatic heterocycles. The van der Waals surface area contributed by atoms with Crippen LogP contribution in [0.3, 0.4) is 0 Å². The number of halogens is 1. The smallest absolute Gasteiger partial charge is 0.168 e. The lowest BCUT2D eigenvalue weighted by molar-refractivity contribution is -0.179. The highest BCUT2D eigenvalue weighted by Gasteiger charge is 2.40. The van der Waals surface area contributed by atoms with Gasteiger partial charge in [0, 0.05) is 31.5 Å². The van der Waals surface area contributed by atoms with Crippen molar-refractivity contribution in [3.8, 4) is 5.75 Å². The second-order valence-corrected chi connectivity index (χ2v) is 6.18. The van der Waals surface area contributed by atoms with Crippen LogP contribution in [0, 0.1) is 5.82 Å². The minimum atomic E-state index is -0.304. The highest BCUT2D eigenvalue weighted by molar-refractivity contribution is 5.22. The largest absolute Gasteiger partial charge is 0.489 e. The van der Waals surface area contributed by atoms with Gasteiger partial charge in [-0.1, -0.05) is 6.07 Å². The molecule has 2 aliphatic rings. The first-order chi connectivity index (χ1) is 10.7. The maximum Gasteiger partial charge on any atom is 0.168 e. The summed E-state index contributed by atoms with van der Waals surface area (Å²) in [5, 5.41) is 3.53. The van der Waals surface area contributed by atoms with Crippen LogP contribution in [0.1, 0.15) is 32.6 Å². The zero-order valence-electron chi connectivity index (χ0n) is 13.0. The summed E-state index contributed by atoms with van der Waals surface area (Å²) in [5.74, 6) is -0.00144. The predicted octanol–water partition coefficient (Wildman–Crippen LogP) is 2.87. The lowest BCUT2D eigenvalue weighted by Gasteiger charge is -2.36. The van der Waals surface area contributed by atoms with E-state index in [0.717, 1.165) is 45.4 Å². The van der Waals surface area contributed by atoms with E-state index < -0.39 is 0 Å². The predicted molar refractivity (Wildman–Crippen MR) is 81.4 cm³/mol. The van der Waals surface area contributed by atoms with Gasteiger partial charge in [-0.2, -0.15) is 0 Å². The number of nitrogens with one attached hydrogen (secondary N) is 1. The summed E-state index contributed by atoms with van der Waals surface area (Å²) in [6.07, 6.45) is 3.99. The van der Waals surface area contributed by atoms with Gasteiger partial charge in [0.2, 0.25) is 0 Å². The number of hydrogen-bond acceptors (Lipinski definition) is 4. The van der Waals surface area contributed by atoms with Crippen LogP contribution in [-0.2, 0) is 9.47 Å². The second-order valence-electron chi connectivity index (χ2n) is 6.18. The maximum absolute atomic E-state index is 13.1. The summed E-state index contributed by atoms with van der Waals surface area (Å²) >= 11 is 0. The van der Waals surface area contributed by atoms with Gasteiger partial charge in [-0.25, -0.2) is 4.39 Å². The summed E-state index contributed by atoms with van der Waals surface area (Å²) in [7, 11) is 0. The van der Waals surface area contributed by atoms with Crippen LogP contribution in [0.15, 0.2) is 24.3 Å². The third kappa shape index (κ3) is 3.97. The van der Waals surface area contributed by atoms with E-state index in [4.69, 9.17) is 14.2 Å². The van der Waals surface area contributed by atoms with Gasteiger partial charge in [0.05, 0.1) is 13.2 Å². The molecule has 1 aromatic carbocycles. The molecule has 0 amide bonds. The average molecular weight is 309 g/mol. The van der Waals surface area contributed by atoms with Crippen molar-refractivity contribution < 1.29 is 18.6 Å². The molecule has 0 aromatic heterocycles. The topological polar surface area (TPSA) is 39.7 Å². The van der Waals surface area contributed by atoms with Crippen molar-refractivity contribution in [1.29, 1.82) is 0 Å². The van der Waals surface area contributed by atoms with E-state index >= 15 is 0 Å². The van der Waals surface area contributed by atoms with E-state index in [9.17, 15) is 4.39 Å². The minimum Gasteiger partial charge on any atom is -0.489 e. The van der Waals surface area contributed by atoms with E-state index in [1.54, 1.807) is 12.1 Å². The molecule has 5 heteroatoms. The molecule has 1 spiro atoms. The third-order valence-corrected chi connectivity index (χ3v) is 4.39. The number of rotatable bonds is 5. The molecule has 122 valence electrons. The fourth-order valence-electron chi connectivity index (χ4n) is 3.19. The van der Waals surface area contributed by atoms with Crippen LogP contribution in [0.4, 0.5) is 4.39 Å². The molecule has 1 unspecified atom stereocenters. The van der Waals surface area contributed by atoms with Crippen molar-refractivity contribution in [2.75, 3.05) is 19.8 Å². The molecule has 0 radical (unpaired) electrons. The molecule has 22 heavy (non-hydrogen) atoms. The Kier molecular flexibility index (Phi) is 4.96. The van der Waals surface area contributed by atoms with E-state index in [-0.39, 0.29) is 17.7 Å². The monoisotopic (exact) mass is 309 g/mol. The molecule has 1 heterocycles. The molecular formula is C17H24FNO3. The van der Waals surface area contributed by atoms with Crippen LogP contribution in [0.25, 0.3) is 0 Å². The van der Waals surface area contributed by atoms with Crippen LogP contribution in [0.5, 0.6) is 5.75 Å². The first-order valence-electron chi connectivity index (χ1n) is 8.09. The summed E-state index contributed by atoms with van der Waals surface area (Å²) in [5.41, 5.74) is 0. The van der Waals surface area contributed by atoms with E-state index in [1.807, 2.05) is 6.92 Å². The van der Waals surface area contributed by atoms with Gasteiger partial charge in [0.15, 0.2) is 5.79 Å². The van der Waals surface area contributed by atoms with Gasteiger partial charge in [-0.15, -0.1) is 0 Å². The van der Waals surface area contributed by atoms with Crippen molar-refractivity contribution in [2.24, 2.45) is 0 Å². The molecule has 0 bridgehead atoms. The Labute approximate surface area is 130 Å². The fraction of sp³-hybridized carbons (Fsp3) is 0.647. The van der Waals surface area contributed by atoms with E-state index in [2.05, 4.69) is 5.32 Å². The molecule has 1 aromatic rings. The van der Waals surface area contributed by atoms with Crippen LogP contribution >= 0.6 is 0 Å². The molecule has 3 rings (SSSR count). The van der Waals surface area contributed by atoms with Crippen LogP contribution < -0.4 is 10.1 Å². The Morgan fingerprint density at radius 3 is 2.73 bits per heavy atom. The van der Waals surface area contributed by atoms with Crippen LogP contribution in [-0.4, -0.2) is 37.7 Å². The molecule has 2 fully saturated rings. The molecule has 4 nitrogen and oxygen atoms in total. The van der Waals surface area contributed by atoms with Gasteiger partial charge in [-0.05, 0) is 31.9 Å². The Morgan fingerprint density at radius 1 is 1.32 bits per heavy atom. The van der Waals surface area contributed by atoms with Crippen molar-refractivity contribution in [2.45, 2.75) is 50.5 Å². The minimum absolute atomic E-state index is 0.00309. The molecule has 1 aliphatic carbocycles. The Morgan fingerprint density at radius 2 is 2.05 bits per heavy atom. The quantitative estimate of drug-likeness (QED) is 0.908. The maximum atomic E-state index is 13.1. The van der Waals surface area contributed by atoms with E-state index in [0.29, 0.717) is 11.8 Å². The Bertz CT molecular complexity index is 481. The Hall–Kier alpha value is -1.17. The lowest BCUT2D eigenvalue weighted by atomic mass is 9.90. The number of benzene rings is 1. The SMILES string of the molecule is CC(CNC1CCC2(CC1)OCCO2)Oc1cccc(F)c1. The van der Waals surface area contributed by atoms with E-state index in [1.165, 1.54) is 12.1 Å². The van der Waals surface area contributed by atoms with Gasteiger partial charge in [0.25, 0.3) is 0 Å². The Balaban J connectivity index is 1.39. The van der Waals surface area contributed by atoms with Gasteiger partial charge in [0.1, 0.15) is 17.7 Å². The highest BCUT2D eigenvalue weighted by Crippen LogP contribution is 2.35. The molecule has 1 N–H and O–H groups in total. The zero-order valence-corrected chi connectivity index (χ0v) is 13.0. The first-order valence-corrected chi connectivity index (χ1v) is 8.09. The van der Waals surface area contributed by atoms with Crippen molar-refractivity contribution >= 4 is 0 Å². The van der Waals surface area contributed by atoms with Gasteiger partial charge in [-0.3, -0.25) is 0 Å². The third-order valence-electron chi connectivity index (χ3n) is 4.39. The number of ether oxygens (including phenoxy) is 3. The highest BCUT2D eigenvalue weighted by atomic mass is 19.1. The molecule has 1 atom stereocenters. The van der Waals surface area contributed by atoms with Gasteiger partial charge >= 0.3 is 0 Å². The fourth-order valence-corrected chi connectivity index (χ4v) is 3.19. The first kappa shape index (κ1) is 15.7. The lowest BCUT2D eigenvalue weighted by Crippen LogP contribution is -2.44.